The first-order chi connectivity index (χ1) is 12.4. The standard InChI is InChI=1S/C22H32N2O2/c1-18-10-8-9-13-21(18)26-16-20(25)14-23-22(2,3)17-24(4)15-19-11-6-5-7-12-19/h5-13,20,23,25H,14-17H2,1-4H3. The number of hydrogen-bond acceptors (Lipinski definition) is 4. The second kappa shape index (κ2) is 9.72. The highest BCUT2D eigenvalue weighted by Crippen LogP contribution is 2.16. The van der Waals surface area contributed by atoms with Gasteiger partial charge in [-0.3, -0.25) is 0 Å². The summed E-state index contributed by atoms with van der Waals surface area (Å²) in [6.45, 7) is 8.89. The minimum Gasteiger partial charge on any atom is -0.491 e. The Balaban J connectivity index is 1.73. The van der Waals surface area contributed by atoms with E-state index in [1.54, 1.807) is 0 Å². The van der Waals surface area contributed by atoms with Crippen LogP contribution in [-0.2, 0) is 6.54 Å². The molecule has 0 spiro atoms. The molecule has 0 saturated heterocycles. The molecule has 4 heteroatoms. The van der Waals surface area contributed by atoms with E-state index in [0.717, 1.165) is 24.4 Å². The number of benzene rings is 2. The summed E-state index contributed by atoms with van der Waals surface area (Å²) in [6, 6.07) is 18.3. The van der Waals surface area contributed by atoms with Gasteiger partial charge in [-0.1, -0.05) is 48.5 Å². The average molecular weight is 357 g/mol. The van der Waals surface area contributed by atoms with Crippen LogP contribution in [0.1, 0.15) is 25.0 Å². The van der Waals surface area contributed by atoms with Crippen LogP contribution < -0.4 is 10.1 Å². The summed E-state index contributed by atoms with van der Waals surface area (Å²) in [5.74, 6) is 0.827. The molecule has 1 atom stereocenters. The fraction of sp³-hybridized carbons (Fsp3) is 0.455. The molecule has 2 aromatic rings. The molecule has 0 aliphatic carbocycles. The minimum atomic E-state index is -0.548. The maximum Gasteiger partial charge on any atom is 0.122 e. The van der Waals surface area contributed by atoms with Crippen molar-refractivity contribution in [1.82, 2.24) is 10.2 Å². The molecular weight excluding hydrogens is 324 g/mol. The van der Waals surface area contributed by atoms with Gasteiger partial charge in [-0.2, -0.15) is 0 Å². The lowest BCUT2D eigenvalue weighted by Gasteiger charge is -2.32. The first-order valence-corrected chi connectivity index (χ1v) is 9.20. The summed E-state index contributed by atoms with van der Waals surface area (Å²) in [6.07, 6.45) is -0.548. The molecule has 0 aliphatic rings. The number of nitrogens with zero attached hydrogens (tertiary/aromatic N) is 1. The molecule has 4 nitrogen and oxygen atoms in total. The van der Waals surface area contributed by atoms with Gasteiger partial charge in [0.05, 0.1) is 0 Å². The Morgan fingerprint density at radius 3 is 2.42 bits per heavy atom. The van der Waals surface area contributed by atoms with Crippen LogP contribution in [0.25, 0.3) is 0 Å². The van der Waals surface area contributed by atoms with E-state index >= 15 is 0 Å². The van der Waals surface area contributed by atoms with Crippen LogP contribution in [0.3, 0.4) is 0 Å². The second-order valence-corrected chi connectivity index (χ2v) is 7.65. The van der Waals surface area contributed by atoms with Gasteiger partial charge in [0.1, 0.15) is 18.5 Å². The van der Waals surface area contributed by atoms with Crippen LogP contribution >= 0.6 is 0 Å². The van der Waals surface area contributed by atoms with E-state index in [-0.39, 0.29) is 12.1 Å². The number of ether oxygens (including phenoxy) is 1. The largest absolute Gasteiger partial charge is 0.491 e. The van der Waals surface area contributed by atoms with Crippen molar-refractivity contribution in [2.75, 3.05) is 26.7 Å². The molecule has 0 heterocycles. The number of aryl methyl sites for hydroxylation is 1. The van der Waals surface area contributed by atoms with Crippen LogP contribution in [0.2, 0.25) is 0 Å². The zero-order valence-corrected chi connectivity index (χ0v) is 16.4. The van der Waals surface area contributed by atoms with Crippen molar-refractivity contribution in [3.05, 3.63) is 65.7 Å². The number of β-amino-alcohol motifs (C(OH)–C–C–N with tert-alkyl or cyclic N) is 1. The van der Waals surface area contributed by atoms with Crippen LogP contribution in [0.15, 0.2) is 54.6 Å². The number of rotatable bonds is 10. The van der Waals surface area contributed by atoms with Gasteiger partial charge in [0.2, 0.25) is 0 Å². The fourth-order valence-corrected chi connectivity index (χ4v) is 3.04. The molecule has 142 valence electrons. The van der Waals surface area contributed by atoms with Gasteiger partial charge in [-0.05, 0) is 45.0 Å². The van der Waals surface area contributed by atoms with E-state index in [1.165, 1.54) is 5.56 Å². The molecule has 2 N–H and O–H groups in total. The quantitative estimate of drug-likeness (QED) is 0.686. The Hall–Kier alpha value is -1.88. The Bertz CT molecular complexity index is 658. The zero-order valence-electron chi connectivity index (χ0n) is 16.4. The maximum atomic E-state index is 10.2. The molecule has 1 unspecified atom stereocenters. The van der Waals surface area contributed by atoms with Crippen LogP contribution in [0.4, 0.5) is 0 Å². The van der Waals surface area contributed by atoms with Gasteiger partial charge < -0.3 is 20.1 Å². The zero-order chi connectivity index (χ0) is 19.0. The maximum absolute atomic E-state index is 10.2. The lowest BCUT2D eigenvalue weighted by molar-refractivity contribution is 0.0945. The number of nitrogens with one attached hydrogen (secondary N) is 1. The van der Waals surface area contributed by atoms with Crippen LogP contribution in [0.5, 0.6) is 5.75 Å². The minimum absolute atomic E-state index is 0.104. The monoisotopic (exact) mass is 356 g/mol. The Morgan fingerprint density at radius 1 is 1.08 bits per heavy atom. The van der Waals surface area contributed by atoms with E-state index in [2.05, 4.69) is 55.4 Å². The summed E-state index contributed by atoms with van der Waals surface area (Å²) in [5, 5.41) is 13.7. The smallest absolute Gasteiger partial charge is 0.122 e. The van der Waals surface area contributed by atoms with E-state index in [4.69, 9.17) is 4.74 Å². The van der Waals surface area contributed by atoms with Crippen molar-refractivity contribution in [1.29, 1.82) is 0 Å². The first-order valence-electron chi connectivity index (χ1n) is 9.20. The predicted octanol–water partition coefficient (Wildman–Crippen LogP) is 3.23. The molecule has 0 bridgehead atoms. The van der Waals surface area contributed by atoms with Gasteiger partial charge in [0, 0.05) is 25.2 Å². The average Bonchev–Trinajstić information content (AvgIpc) is 2.59. The molecule has 2 aromatic carbocycles. The number of aliphatic hydroxyl groups is 1. The van der Waals surface area contributed by atoms with E-state index in [0.29, 0.717) is 6.54 Å². The van der Waals surface area contributed by atoms with Crippen LogP contribution in [-0.4, -0.2) is 48.4 Å². The Kier molecular flexibility index (Phi) is 7.64. The second-order valence-electron chi connectivity index (χ2n) is 7.65. The number of para-hydroxylation sites is 1. The van der Waals surface area contributed by atoms with Crippen molar-refractivity contribution < 1.29 is 9.84 Å². The van der Waals surface area contributed by atoms with Crippen molar-refractivity contribution in [3.63, 3.8) is 0 Å². The number of hydrogen-bond donors (Lipinski definition) is 2. The molecular formula is C22H32N2O2. The molecule has 26 heavy (non-hydrogen) atoms. The molecule has 0 saturated carbocycles. The third-order valence-corrected chi connectivity index (χ3v) is 4.30. The van der Waals surface area contributed by atoms with Crippen LogP contribution in [0, 0.1) is 6.92 Å². The van der Waals surface area contributed by atoms with Gasteiger partial charge in [0.15, 0.2) is 0 Å². The lowest BCUT2D eigenvalue weighted by atomic mass is 10.0. The van der Waals surface area contributed by atoms with Crippen molar-refractivity contribution in [2.45, 2.75) is 39.0 Å². The van der Waals surface area contributed by atoms with E-state index < -0.39 is 6.10 Å². The van der Waals surface area contributed by atoms with Gasteiger partial charge in [-0.25, -0.2) is 0 Å². The SMILES string of the molecule is Cc1ccccc1OCC(O)CNC(C)(C)CN(C)Cc1ccccc1. The summed E-state index contributed by atoms with van der Waals surface area (Å²) >= 11 is 0. The fourth-order valence-electron chi connectivity index (χ4n) is 3.04. The summed E-state index contributed by atoms with van der Waals surface area (Å²) < 4.78 is 5.72. The van der Waals surface area contributed by atoms with E-state index in [9.17, 15) is 5.11 Å². The highest BCUT2D eigenvalue weighted by atomic mass is 16.5. The highest BCUT2D eigenvalue weighted by Gasteiger charge is 2.21. The van der Waals surface area contributed by atoms with Gasteiger partial charge >= 0.3 is 0 Å². The Labute approximate surface area is 157 Å². The number of likely N-dealkylation sites (N-methyl/N-ethyl adjacent to an activating group) is 1. The van der Waals surface area contributed by atoms with Gasteiger partial charge in [-0.15, -0.1) is 0 Å². The molecule has 2 rings (SSSR count). The molecule has 0 amide bonds. The predicted molar refractivity (Wildman–Crippen MR) is 108 cm³/mol. The molecule has 0 aromatic heterocycles. The number of aliphatic hydroxyl groups excluding tert-OH is 1. The molecule has 0 aliphatic heterocycles. The Morgan fingerprint density at radius 2 is 1.73 bits per heavy atom. The summed E-state index contributed by atoms with van der Waals surface area (Å²) in [4.78, 5) is 2.29. The van der Waals surface area contributed by atoms with E-state index in [1.807, 2.05) is 37.3 Å². The molecule has 0 fully saturated rings. The first kappa shape index (κ1) is 20.4. The topological polar surface area (TPSA) is 44.7 Å². The summed E-state index contributed by atoms with van der Waals surface area (Å²) in [7, 11) is 2.12. The van der Waals surface area contributed by atoms with Crippen molar-refractivity contribution in [2.24, 2.45) is 0 Å². The third-order valence-electron chi connectivity index (χ3n) is 4.30. The third kappa shape index (κ3) is 7.16. The van der Waals surface area contributed by atoms with Crippen molar-refractivity contribution in [3.8, 4) is 5.75 Å². The van der Waals surface area contributed by atoms with Crippen molar-refractivity contribution >= 4 is 0 Å². The lowest BCUT2D eigenvalue weighted by Crippen LogP contribution is -2.51. The highest BCUT2D eigenvalue weighted by molar-refractivity contribution is 5.31. The summed E-state index contributed by atoms with van der Waals surface area (Å²) in [5.41, 5.74) is 2.28. The normalized spacial score (nSPS) is 13.0. The van der Waals surface area contributed by atoms with Gasteiger partial charge in [0.25, 0.3) is 0 Å². The molecule has 0 radical (unpaired) electrons.